The molecule has 11 heteroatoms. The summed E-state index contributed by atoms with van der Waals surface area (Å²) in [5.74, 6) is 2.10. The maximum atomic E-state index is 12.4. The van der Waals surface area contributed by atoms with Gasteiger partial charge < -0.3 is 29.5 Å². The molecule has 1 amide bonds. The van der Waals surface area contributed by atoms with Gasteiger partial charge in [-0.2, -0.15) is 0 Å². The van der Waals surface area contributed by atoms with Gasteiger partial charge in [-0.1, -0.05) is 12.1 Å². The minimum Gasteiger partial charge on any atom is -0.507 e. The molecule has 3 aromatic heterocycles. The molecule has 7 rings (SSSR count). The summed E-state index contributed by atoms with van der Waals surface area (Å²) >= 11 is 0. The second-order valence-electron chi connectivity index (χ2n) is 14.8. The lowest BCUT2D eigenvalue weighted by Gasteiger charge is -2.36. The van der Waals surface area contributed by atoms with Gasteiger partial charge in [0.15, 0.2) is 5.65 Å². The van der Waals surface area contributed by atoms with Crippen LogP contribution in [0.1, 0.15) is 88.6 Å². The first-order valence-corrected chi connectivity index (χ1v) is 17.6. The number of benzene rings is 1. The van der Waals surface area contributed by atoms with Crippen molar-refractivity contribution in [3.05, 3.63) is 59.5 Å². The molecule has 48 heavy (non-hydrogen) atoms. The number of rotatable bonds is 6. The van der Waals surface area contributed by atoms with E-state index in [1.54, 1.807) is 12.1 Å². The molecule has 4 aromatic rings. The van der Waals surface area contributed by atoms with Gasteiger partial charge in [-0.05, 0) is 115 Å². The van der Waals surface area contributed by atoms with Gasteiger partial charge in [0.2, 0.25) is 5.95 Å². The first-order chi connectivity index (χ1) is 23.1. The summed E-state index contributed by atoms with van der Waals surface area (Å²) in [7, 11) is 0. The molecular formula is C37H48N8O3. The monoisotopic (exact) mass is 652 g/mol. The number of hydrogen-bond acceptors (Lipinski definition) is 9. The van der Waals surface area contributed by atoms with E-state index in [9.17, 15) is 9.90 Å². The number of aromatic amines is 1. The topological polar surface area (TPSA) is 124 Å². The van der Waals surface area contributed by atoms with E-state index in [0.29, 0.717) is 23.1 Å². The molecule has 2 N–H and O–H groups in total. The average molecular weight is 653 g/mol. The Morgan fingerprint density at radius 3 is 2.44 bits per heavy atom. The molecule has 0 saturated carbocycles. The first kappa shape index (κ1) is 32.3. The lowest BCUT2D eigenvalue weighted by molar-refractivity contribution is 0.0177. The maximum absolute atomic E-state index is 12.4. The van der Waals surface area contributed by atoms with Crippen LogP contribution in [0.2, 0.25) is 0 Å². The van der Waals surface area contributed by atoms with Crippen LogP contribution in [-0.4, -0.2) is 91.0 Å². The Balaban J connectivity index is 0.924. The summed E-state index contributed by atoms with van der Waals surface area (Å²) in [6, 6.07) is 9.32. The van der Waals surface area contributed by atoms with Crippen molar-refractivity contribution in [2.75, 3.05) is 44.2 Å². The number of para-hydroxylation sites is 1. The van der Waals surface area contributed by atoms with Gasteiger partial charge in [-0.3, -0.25) is 0 Å². The fourth-order valence-corrected chi connectivity index (χ4v) is 7.69. The molecule has 0 unspecified atom stereocenters. The number of aromatic hydroxyl groups is 1. The number of amides is 1. The lowest BCUT2D eigenvalue weighted by Crippen LogP contribution is -2.42. The smallest absolute Gasteiger partial charge is 0.410 e. The van der Waals surface area contributed by atoms with Gasteiger partial charge in [0.1, 0.15) is 11.4 Å². The highest BCUT2D eigenvalue weighted by molar-refractivity contribution is 5.86. The molecular weight excluding hydrogens is 604 g/mol. The van der Waals surface area contributed by atoms with Gasteiger partial charge in [0.05, 0.1) is 11.7 Å². The highest BCUT2D eigenvalue weighted by Crippen LogP contribution is 2.38. The van der Waals surface area contributed by atoms with Crippen molar-refractivity contribution in [1.82, 2.24) is 34.9 Å². The molecule has 2 fully saturated rings. The molecule has 1 aromatic carbocycles. The second kappa shape index (κ2) is 13.3. The summed E-state index contributed by atoms with van der Waals surface area (Å²) in [5.41, 5.74) is 5.24. The zero-order chi connectivity index (χ0) is 33.4. The number of fused-ring (bicyclic) bond motifs is 3. The quantitative estimate of drug-likeness (QED) is 0.242. The largest absolute Gasteiger partial charge is 0.507 e. The van der Waals surface area contributed by atoms with E-state index >= 15 is 0 Å². The molecule has 6 heterocycles. The first-order valence-electron chi connectivity index (χ1n) is 17.6. The Morgan fingerprint density at radius 1 is 1.00 bits per heavy atom. The number of anilines is 1. The molecule has 0 spiro atoms. The van der Waals surface area contributed by atoms with Gasteiger partial charge in [0, 0.05) is 60.7 Å². The number of phenolic OH excluding ortho intramolecular Hbond substituents is 1. The van der Waals surface area contributed by atoms with Gasteiger partial charge in [0.25, 0.3) is 0 Å². The predicted octanol–water partition coefficient (Wildman–Crippen LogP) is 6.46. The van der Waals surface area contributed by atoms with Crippen LogP contribution >= 0.6 is 0 Å². The summed E-state index contributed by atoms with van der Waals surface area (Å²) in [6.45, 7) is 13.7. The minimum atomic E-state index is -0.443. The minimum absolute atomic E-state index is 0.0579. The number of H-pyrrole nitrogens is 1. The molecule has 3 aliphatic rings. The number of nitrogens with zero attached hydrogens (tertiary/aromatic N) is 7. The molecule has 1 atom stereocenters. The van der Waals surface area contributed by atoms with Crippen molar-refractivity contribution in [1.29, 1.82) is 0 Å². The molecule has 2 saturated heterocycles. The number of hydrogen-bond donors (Lipinski definition) is 2. The molecule has 3 aliphatic heterocycles. The normalized spacial score (nSPS) is 19.9. The predicted molar refractivity (Wildman–Crippen MR) is 186 cm³/mol. The van der Waals surface area contributed by atoms with Crippen LogP contribution in [0, 0.1) is 5.92 Å². The van der Waals surface area contributed by atoms with Crippen molar-refractivity contribution in [3.8, 4) is 17.0 Å². The highest BCUT2D eigenvalue weighted by Gasteiger charge is 2.31. The number of carbonyl (C=O) groups excluding carboxylic acids is 1. The Kier molecular flexibility index (Phi) is 8.98. The number of phenols is 1. The summed E-state index contributed by atoms with van der Waals surface area (Å²) in [6.07, 6.45) is 10.3. The van der Waals surface area contributed by atoms with E-state index in [1.165, 1.54) is 23.2 Å². The molecule has 11 nitrogen and oxygen atoms in total. The SMILES string of the molecule is C[C@@H]1c2c([nH]c3nnc(-c4ccccc4O)cc23)CCN1c1ncc(C2CCN(CCC3CCN(C(=O)OC(C)(C)C)CC3)CC2)cn1. The van der Waals surface area contributed by atoms with Crippen LogP contribution in [-0.2, 0) is 11.2 Å². The van der Waals surface area contributed by atoms with Gasteiger partial charge in [-0.15, -0.1) is 10.2 Å². The van der Waals surface area contributed by atoms with Crippen molar-refractivity contribution >= 4 is 23.1 Å². The number of likely N-dealkylation sites (tertiary alicyclic amines) is 2. The van der Waals surface area contributed by atoms with Crippen LogP contribution in [0.4, 0.5) is 10.7 Å². The van der Waals surface area contributed by atoms with Crippen LogP contribution in [0.3, 0.4) is 0 Å². The standard InChI is InChI=1S/C37H48N8O3/c1-24-33-29-21-31(28-7-5-6-8-32(28)46)41-42-34(29)40-30(33)14-20-45(24)35-38-22-27(23-39-35)26-12-16-43(17-13-26)15-9-25-10-18-44(19-11-25)36(47)48-37(2,3)4/h5-8,21-26,46H,9-20H2,1-4H3,(H,40,42)/t24-/m1/s1. The molecule has 0 bridgehead atoms. The number of nitrogens with one attached hydrogen (secondary N) is 1. The van der Waals surface area contributed by atoms with Crippen molar-refractivity contribution < 1.29 is 14.6 Å². The summed E-state index contributed by atoms with van der Waals surface area (Å²) in [4.78, 5) is 32.4. The molecule has 0 radical (unpaired) electrons. The number of piperidine rings is 2. The van der Waals surface area contributed by atoms with Crippen LogP contribution in [0.25, 0.3) is 22.3 Å². The number of ether oxygens (including phenoxy) is 1. The van der Waals surface area contributed by atoms with Crippen LogP contribution in [0.15, 0.2) is 42.7 Å². The Morgan fingerprint density at radius 2 is 1.73 bits per heavy atom. The van der Waals surface area contributed by atoms with E-state index in [-0.39, 0.29) is 17.9 Å². The maximum Gasteiger partial charge on any atom is 0.410 e. The van der Waals surface area contributed by atoms with E-state index in [1.807, 2.05) is 56.3 Å². The van der Waals surface area contributed by atoms with Gasteiger partial charge >= 0.3 is 6.09 Å². The fourth-order valence-electron chi connectivity index (χ4n) is 7.69. The van der Waals surface area contributed by atoms with E-state index in [4.69, 9.17) is 14.7 Å². The second-order valence-corrected chi connectivity index (χ2v) is 14.8. The molecule has 0 aliphatic carbocycles. The van der Waals surface area contributed by atoms with E-state index < -0.39 is 5.60 Å². The Bertz CT molecular complexity index is 1730. The zero-order valence-corrected chi connectivity index (χ0v) is 28.7. The number of aromatic nitrogens is 5. The third-order valence-corrected chi connectivity index (χ3v) is 10.4. The highest BCUT2D eigenvalue weighted by atomic mass is 16.6. The van der Waals surface area contributed by atoms with E-state index in [2.05, 4.69) is 31.9 Å². The zero-order valence-electron chi connectivity index (χ0n) is 28.7. The number of carbonyl (C=O) groups is 1. The molecule has 254 valence electrons. The Labute approximate surface area is 282 Å². The van der Waals surface area contributed by atoms with Crippen molar-refractivity contribution in [2.24, 2.45) is 5.92 Å². The van der Waals surface area contributed by atoms with Crippen LogP contribution < -0.4 is 4.90 Å². The third kappa shape index (κ3) is 6.83. The third-order valence-electron chi connectivity index (χ3n) is 10.4. The van der Waals surface area contributed by atoms with Crippen molar-refractivity contribution in [2.45, 2.75) is 83.8 Å². The fraction of sp³-hybridized carbons (Fsp3) is 0.541. The van der Waals surface area contributed by atoms with Crippen molar-refractivity contribution in [3.63, 3.8) is 0 Å². The van der Waals surface area contributed by atoms with Gasteiger partial charge in [-0.25, -0.2) is 14.8 Å². The summed E-state index contributed by atoms with van der Waals surface area (Å²) < 4.78 is 5.56. The van der Waals surface area contributed by atoms with E-state index in [0.717, 1.165) is 88.4 Å². The summed E-state index contributed by atoms with van der Waals surface area (Å²) in [5, 5.41) is 20.3. The van der Waals surface area contributed by atoms with Crippen LogP contribution in [0.5, 0.6) is 5.75 Å². The Hall–Kier alpha value is -4.25. The average Bonchev–Trinajstić information content (AvgIpc) is 3.46. The lowest BCUT2D eigenvalue weighted by atomic mass is 9.90.